The Morgan fingerprint density at radius 2 is 1.94 bits per heavy atom. The molecule has 0 radical (unpaired) electrons. The number of anilines is 1. The minimum absolute atomic E-state index is 0.0931. The lowest BCUT2D eigenvalue weighted by Crippen LogP contribution is -2.52. The number of aromatic hydroxyl groups is 1. The Labute approximate surface area is 202 Å². The van der Waals surface area contributed by atoms with Gasteiger partial charge in [-0.15, -0.1) is 10.2 Å². The summed E-state index contributed by atoms with van der Waals surface area (Å²) in [7, 11) is 3.29. The second-order valence-corrected chi connectivity index (χ2v) is 10.8. The zero-order valence-corrected chi connectivity index (χ0v) is 20.3. The van der Waals surface area contributed by atoms with E-state index in [1.165, 1.54) is 25.4 Å². The largest absolute Gasteiger partial charge is 0.507 e. The Kier molecular flexibility index (Phi) is 5.41. The number of phenols is 1. The first-order valence-corrected chi connectivity index (χ1v) is 11.8. The van der Waals surface area contributed by atoms with Crippen LogP contribution in [0.15, 0.2) is 41.5 Å². The molecule has 35 heavy (non-hydrogen) atoms. The van der Waals surface area contributed by atoms with Gasteiger partial charge in [0.25, 0.3) is 5.56 Å². The van der Waals surface area contributed by atoms with Crippen LogP contribution in [0.4, 0.5) is 14.6 Å². The maximum absolute atomic E-state index is 15.5. The summed E-state index contributed by atoms with van der Waals surface area (Å²) in [6.45, 7) is 4.28. The third-order valence-electron chi connectivity index (χ3n) is 7.97. The van der Waals surface area contributed by atoms with Gasteiger partial charge < -0.3 is 14.6 Å². The van der Waals surface area contributed by atoms with E-state index in [2.05, 4.69) is 22.1 Å². The van der Waals surface area contributed by atoms with Crippen LogP contribution in [0.2, 0.25) is 0 Å². The van der Waals surface area contributed by atoms with Gasteiger partial charge >= 0.3 is 0 Å². The van der Waals surface area contributed by atoms with Crippen molar-refractivity contribution in [1.29, 1.82) is 0 Å². The number of rotatable bonds is 4. The Balaban J connectivity index is 1.39. The molecule has 3 aromatic rings. The van der Waals surface area contributed by atoms with Crippen molar-refractivity contribution in [3.05, 3.63) is 52.8 Å². The molecule has 2 heterocycles. The van der Waals surface area contributed by atoms with Crippen LogP contribution in [0.5, 0.6) is 5.75 Å². The first kappa shape index (κ1) is 23.4. The molecule has 0 spiro atoms. The average molecular weight is 482 g/mol. The predicted molar refractivity (Wildman–Crippen MR) is 129 cm³/mol. The van der Waals surface area contributed by atoms with Gasteiger partial charge in [-0.1, -0.05) is 19.9 Å². The lowest BCUT2D eigenvalue weighted by molar-refractivity contribution is 0.0380. The van der Waals surface area contributed by atoms with Crippen molar-refractivity contribution in [1.82, 2.24) is 19.7 Å². The number of aryl methyl sites for hydroxylation is 1. The Morgan fingerprint density at radius 1 is 1.17 bits per heavy atom. The van der Waals surface area contributed by atoms with E-state index in [1.54, 1.807) is 12.1 Å². The fourth-order valence-corrected chi connectivity index (χ4v) is 5.99. The molecule has 9 heteroatoms. The van der Waals surface area contributed by atoms with Crippen molar-refractivity contribution in [2.24, 2.45) is 17.9 Å². The summed E-state index contributed by atoms with van der Waals surface area (Å²) in [5.41, 5.74) is 0.222. The molecule has 4 atom stereocenters. The van der Waals surface area contributed by atoms with Gasteiger partial charge in [0, 0.05) is 37.3 Å². The molecule has 0 saturated heterocycles. The zero-order chi connectivity index (χ0) is 25.1. The van der Waals surface area contributed by atoms with E-state index < -0.39 is 12.0 Å². The molecule has 2 saturated carbocycles. The molecule has 1 aromatic carbocycles. The number of benzene rings is 1. The summed E-state index contributed by atoms with van der Waals surface area (Å²) < 4.78 is 31.0. The van der Waals surface area contributed by atoms with E-state index in [1.807, 2.05) is 18.9 Å². The summed E-state index contributed by atoms with van der Waals surface area (Å²) >= 11 is 0. The molecule has 0 amide bonds. The highest BCUT2D eigenvalue weighted by molar-refractivity contribution is 5.73. The Bertz CT molecular complexity index is 1340. The molecule has 2 bridgehead atoms. The molecule has 5 rings (SSSR count). The first-order valence-electron chi connectivity index (χ1n) is 11.8. The molecule has 0 unspecified atom stereocenters. The highest BCUT2D eigenvalue weighted by Crippen LogP contribution is 2.59. The summed E-state index contributed by atoms with van der Waals surface area (Å²) in [5, 5.41) is 19.0. The summed E-state index contributed by atoms with van der Waals surface area (Å²) in [6, 6.07) is 5.39. The minimum Gasteiger partial charge on any atom is -0.507 e. The van der Waals surface area contributed by atoms with Crippen molar-refractivity contribution in [2.75, 3.05) is 11.9 Å². The molecule has 7 nitrogen and oxygen atoms in total. The lowest BCUT2D eigenvalue weighted by Gasteiger charge is -2.46. The molecule has 1 N–H and O–H groups in total. The maximum atomic E-state index is 15.5. The number of alkyl halides is 1. The van der Waals surface area contributed by atoms with Gasteiger partial charge in [0.1, 0.15) is 17.7 Å². The van der Waals surface area contributed by atoms with Crippen molar-refractivity contribution in [3.8, 4) is 28.3 Å². The molecule has 184 valence electrons. The SMILES string of the molecule is CN(c1cnc(-c2ccc(-c3cc(=O)n(C)cc3F)cc2O)nn1)[C@H]1C[C@]2(C)CC[C@@](C)(C2)[C@H]1F. The van der Waals surface area contributed by atoms with E-state index in [4.69, 9.17) is 0 Å². The van der Waals surface area contributed by atoms with E-state index in [0.29, 0.717) is 16.9 Å². The molecule has 2 aromatic heterocycles. The zero-order valence-electron chi connectivity index (χ0n) is 20.3. The van der Waals surface area contributed by atoms with Gasteiger partial charge in [0.15, 0.2) is 11.6 Å². The molecule has 0 aliphatic heterocycles. The van der Waals surface area contributed by atoms with Crippen LogP contribution in [-0.2, 0) is 7.05 Å². The van der Waals surface area contributed by atoms with Crippen molar-refractivity contribution in [2.45, 2.75) is 51.7 Å². The van der Waals surface area contributed by atoms with E-state index in [-0.39, 0.29) is 39.6 Å². The fraction of sp³-hybridized carbons (Fsp3) is 0.462. The second-order valence-electron chi connectivity index (χ2n) is 10.8. The number of hydrogen-bond acceptors (Lipinski definition) is 6. The summed E-state index contributed by atoms with van der Waals surface area (Å²) in [5.74, 6) is -0.0862. The van der Waals surface area contributed by atoms with Gasteiger partial charge in [0.2, 0.25) is 0 Å². The van der Waals surface area contributed by atoms with Crippen LogP contribution in [-0.4, -0.2) is 44.1 Å². The monoisotopic (exact) mass is 481 g/mol. The minimum atomic E-state index is -0.962. The number of aromatic nitrogens is 4. The highest BCUT2D eigenvalue weighted by Gasteiger charge is 2.56. The van der Waals surface area contributed by atoms with E-state index in [0.717, 1.165) is 36.4 Å². The number of hydrogen-bond donors (Lipinski definition) is 1. The third kappa shape index (κ3) is 3.96. The average Bonchev–Trinajstić information content (AvgIpc) is 3.10. The quantitative estimate of drug-likeness (QED) is 0.591. The summed E-state index contributed by atoms with van der Waals surface area (Å²) in [6.07, 6.45) is 5.27. The van der Waals surface area contributed by atoms with Gasteiger partial charge in [-0.2, -0.15) is 0 Å². The number of nitrogens with zero attached hydrogens (tertiary/aromatic N) is 5. The number of halogens is 2. The van der Waals surface area contributed by atoms with Crippen LogP contribution in [0.3, 0.4) is 0 Å². The predicted octanol–water partition coefficient (Wildman–Crippen LogP) is 4.49. The van der Waals surface area contributed by atoms with Crippen LogP contribution in [0.1, 0.15) is 39.5 Å². The summed E-state index contributed by atoms with van der Waals surface area (Å²) in [4.78, 5) is 18.1. The molecule has 2 aliphatic carbocycles. The molecular formula is C26H29F2N5O2. The van der Waals surface area contributed by atoms with Crippen LogP contribution in [0.25, 0.3) is 22.5 Å². The van der Waals surface area contributed by atoms with Crippen molar-refractivity contribution >= 4 is 5.82 Å². The topological polar surface area (TPSA) is 84.1 Å². The van der Waals surface area contributed by atoms with E-state index in [9.17, 15) is 14.3 Å². The first-order chi connectivity index (χ1) is 16.5. The Morgan fingerprint density at radius 3 is 2.63 bits per heavy atom. The van der Waals surface area contributed by atoms with Crippen LogP contribution >= 0.6 is 0 Å². The standard InChI is InChI=1S/C26H29F2N5O2/c1-25-7-8-26(2,14-25)23(28)19(11-25)33(4)21-12-29-24(31-30-21)16-6-5-15(9-20(16)34)17-10-22(35)32(3)13-18(17)27/h5-6,9-10,12-13,19,23,34H,7-8,11,14H2,1-4H3/t19-,23-,25-,26-/m0/s1. The van der Waals surface area contributed by atoms with Crippen molar-refractivity contribution in [3.63, 3.8) is 0 Å². The molecule has 2 aliphatic rings. The molecule has 2 fully saturated rings. The smallest absolute Gasteiger partial charge is 0.251 e. The van der Waals surface area contributed by atoms with Crippen LogP contribution < -0.4 is 10.5 Å². The second kappa shape index (κ2) is 8.10. The molecular weight excluding hydrogens is 452 g/mol. The van der Waals surface area contributed by atoms with Gasteiger partial charge in [0.05, 0.1) is 17.8 Å². The highest BCUT2D eigenvalue weighted by atomic mass is 19.1. The Hall–Kier alpha value is -3.36. The number of phenolic OH excluding ortho intramolecular Hbond substituents is 1. The number of fused-ring (bicyclic) bond motifs is 2. The fourth-order valence-electron chi connectivity index (χ4n) is 5.99. The van der Waals surface area contributed by atoms with E-state index >= 15 is 4.39 Å². The van der Waals surface area contributed by atoms with Gasteiger partial charge in [-0.25, -0.2) is 13.8 Å². The number of pyridine rings is 1. The van der Waals surface area contributed by atoms with Crippen LogP contribution in [0, 0.1) is 16.6 Å². The normalized spacial score (nSPS) is 27.7. The lowest BCUT2D eigenvalue weighted by atomic mass is 9.67. The van der Waals surface area contributed by atoms with Gasteiger partial charge in [-0.05, 0) is 48.8 Å². The van der Waals surface area contributed by atoms with Crippen molar-refractivity contribution < 1.29 is 13.9 Å². The maximum Gasteiger partial charge on any atom is 0.251 e. The van der Waals surface area contributed by atoms with Gasteiger partial charge in [-0.3, -0.25) is 4.79 Å². The third-order valence-corrected chi connectivity index (χ3v) is 7.97.